The van der Waals surface area contributed by atoms with Crippen LogP contribution in [0.1, 0.15) is 32.1 Å². The number of rotatable bonds is 1. The van der Waals surface area contributed by atoms with E-state index in [0.29, 0.717) is 5.96 Å². The molecule has 0 unspecified atom stereocenters. The van der Waals surface area contributed by atoms with E-state index in [4.69, 9.17) is 4.99 Å². The summed E-state index contributed by atoms with van der Waals surface area (Å²) in [5.74, 6) is -0.154. The van der Waals surface area contributed by atoms with Crippen molar-refractivity contribution >= 4 is 17.6 Å². The molecule has 2 aliphatic heterocycles. The van der Waals surface area contributed by atoms with E-state index in [-0.39, 0.29) is 5.91 Å². The van der Waals surface area contributed by atoms with Gasteiger partial charge in [-0.15, -0.1) is 0 Å². The summed E-state index contributed by atoms with van der Waals surface area (Å²) in [6.45, 7) is 3.43. The molecule has 2 heterocycles. The fourth-order valence-corrected chi connectivity index (χ4v) is 4.44. The third kappa shape index (κ3) is 3.03. The smallest absolute Gasteiger partial charge is 0.246 e. The van der Waals surface area contributed by atoms with E-state index >= 15 is 0 Å². The molecule has 2 fully saturated rings. The van der Waals surface area contributed by atoms with Gasteiger partial charge in [0.25, 0.3) is 0 Å². The SMILES string of the molecule is N#C[C@H]1C(=O)NC(N2CCN(c3ccccc3)CC2)=NC12CCCCC2. The molecule has 6 heteroatoms. The van der Waals surface area contributed by atoms with E-state index in [2.05, 4.69) is 45.5 Å². The van der Waals surface area contributed by atoms with Gasteiger partial charge in [-0.05, 0) is 25.0 Å². The van der Waals surface area contributed by atoms with Crippen molar-refractivity contribution in [1.29, 1.82) is 5.26 Å². The van der Waals surface area contributed by atoms with Gasteiger partial charge < -0.3 is 9.80 Å². The summed E-state index contributed by atoms with van der Waals surface area (Å²) in [4.78, 5) is 22.1. The molecule has 1 aromatic carbocycles. The van der Waals surface area contributed by atoms with Gasteiger partial charge in [-0.2, -0.15) is 5.26 Å². The first-order valence-electron chi connectivity index (χ1n) is 9.57. The van der Waals surface area contributed by atoms with Gasteiger partial charge in [0.05, 0.1) is 11.6 Å². The zero-order chi connectivity index (χ0) is 18.0. The number of nitrogens with zero attached hydrogens (tertiary/aromatic N) is 4. The molecule has 1 aliphatic carbocycles. The Morgan fingerprint density at radius 2 is 1.69 bits per heavy atom. The molecule has 1 amide bonds. The molecular formula is C20H25N5O. The van der Waals surface area contributed by atoms with Crippen LogP contribution in [-0.2, 0) is 4.79 Å². The number of benzene rings is 1. The van der Waals surface area contributed by atoms with Crippen LogP contribution >= 0.6 is 0 Å². The molecule has 3 aliphatic rings. The lowest BCUT2D eigenvalue weighted by Crippen LogP contribution is -2.60. The first-order valence-corrected chi connectivity index (χ1v) is 9.57. The maximum Gasteiger partial charge on any atom is 0.246 e. The van der Waals surface area contributed by atoms with Gasteiger partial charge in [0, 0.05) is 31.9 Å². The number of guanidine groups is 1. The predicted octanol–water partition coefficient (Wildman–Crippen LogP) is 2.14. The van der Waals surface area contributed by atoms with Gasteiger partial charge in [0.2, 0.25) is 11.9 Å². The number of aliphatic imine (C=N–C) groups is 1. The molecule has 136 valence electrons. The van der Waals surface area contributed by atoms with Gasteiger partial charge in [-0.25, -0.2) is 4.99 Å². The van der Waals surface area contributed by atoms with Crippen molar-refractivity contribution in [3.8, 4) is 6.07 Å². The fraction of sp³-hybridized carbons (Fsp3) is 0.550. The van der Waals surface area contributed by atoms with Crippen LogP contribution in [0.15, 0.2) is 35.3 Å². The Hall–Kier alpha value is -2.55. The molecule has 1 saturated carbocycles. The minimum absolute atomic E-state index is 0.176. The number of hydrogen-bond acceptors (Lipinski definition) is 5. The number of anilines is 1. The fourth-order valence-electron chi connectivity index (χ4n) is 4.44. The Morgan fingerprint density at radius 3 is 2.35 bits per heavy atom. The number of nitriles is 1. The van der Waals surface area contributed by atoms with Crippen molar-refractivity contribution in [3.63, 3.8) is 0 Å². The zero-order valence-corrected chi connectivity index (χ0v) is 15.0. The average Bonchev–Trinajstić information content (AvgIpc) is 2.69. The third-order valence-electron chi connectivity index (χ3n) is 5.91. The molecule has 1 N–H and O–H groups in total. The number of piperazine rings is 1. The molecule has 0 aromatic heterocycles. The van der Waals surface area contributed by atoms with Crippen molar-refractivity contribution in [2.24, 2.45) is 10.9 Å². The average molecular weight is 351 g/mol. The van der Waals surface area contributed by atoms with E-state index in [0.717, 1.165) is 51.9 Å². The van der Waals surface area contributed by atoms with Gasteiger partial charge in [0.1, 0.15) is 0 Å². The summed E-state index contributed by atoms with van der Waals surface area (Å²) in [6.07, 6.45) is 4.94. The Balaban J connectivity index is 1.51. The van der Waals surface area contributed by atoms with Crippen LogP contribution in [-0.4, -0.2) is 48.5 Å². The Morgan fingerprint density at radius 1 is 1.04 bits per heavy atom. The lowest BCUT2D eigenvalue weighted by molar-refractivity contribution is -0.125. The maximum absolute atomic E-state index is 12.6. The summed E-state index contributed by atoms with van der Waals surface area (Å²) < 4.78 is 0. The first kappa shape index (κ1) is 16.9. The van der Waals surface area contributed by atoms with Crippen LogP contribution in [0.25, 0.3) is 0 Å². The lowest BCUT2D eigenvalue weighted by Gasteiger charge is -2.44. The van der Waals surface area contributed by atoms with Crippen LogP contribution in [0.5, 0.6) is 0 Å². The molecule has 1 atom stereocenters. The normalized spacial score (nSPS) is 25.4. The molecule has 6 nitrogen and oxygen atoms in total. The van der Waals surface area contributed by atoms with E-state index in [1.165, 1.54) is 12.1 Å². The minimum Gasteiger partial charge on any atom is -0.368 e. The molecule has 0 bridgehead atoms. The highest BCUT2D eigenvalue weighted by Gasteiger charge is 2.48. The standard InChI is InChI=1S/C20H25N5O/c21-15-17-18(26)22-19(23-20(17)9-5-2-6-10-20)25-13-11-24(12-14-25)16-7-3-1-4-8-16/h1,3-4,7-8,17H,2,5-6,9-14H2,(H,22,23,26)/t17-/m0/s1. The highest BCUT2D eigenvalue weighted by molar-refractivity contribution is 6.02. The molecule has 1 aromatic rings. The Bertz CT molecular complexity index is 724. The Kier molecular flexibility index (Phi) is 4.54. The van der Waals surface area contributed by atoms with Gasteiger partial charge in [-0.1, -0.05) is 37.5 Å². The van der Waals surface area contributed by atoms with Gasteiger partial charge >= 0.3 is 0 Å². The van der Waals surface area contributed by atoms with Crippen molar-refractivity contribution in [2.75, 3.05) is 31.1 Å². The molecular weight excluding hydrogens is 326 g/mol. The monoisotopic (exact) mass is 351 g/mol. The number of carbonyl (C=O) groups is 1. The van der Waals surface area contributed by atoms with E-state index in [9.17, 15) is 10.1 Å². The molecule has 4 rings (SSSR count). The lowest BCUT2D eigenvalue weighted by atomic mass is 9.72. The number of nitrogens with one attached hydrogen (secondary N) is 1. The maximum atomic E-state index is 12.6. The van der Waals surface area contributed by atoms with Crippen LogP contribution < -0.4 is 10.2 Å². The van der Waals surface area contributed by atoms with Crippen LogP contribution in [0, 0.1) is 17.2 Å². The molecule has 1 saturated heterocycles. The molecule has 26 heavy (non-hydrogen) atoms. The zero-order valence-electron chi connectivity index (χ0n) is 15.0. The van der Waals surface area contributed by atoms with E-state index < -0.39 is 11.5 Å². The summed E-state index contributed by atoms with van der Waals surface area (Å²) in [7, 11) is 0. The predicted molar refractivity (Wildman–Crippen MR) is 101 cm³/mol. The topological polar surface area (TPSA) is 71.7 Å². The largest absolute Gasteiger partial charge is 0.368 e. The Labute approximate surface area is 154 Å². The second-order valence-corrected chi connectivity index (χ2v) is 7.46. The quantitative estimate of drug-likeness (QED) is 0.841. The summed E-state index contributed by atoms with van der Waals surface area (Å²) in [6, 6.07) is 12.6. The summed E-state index contributed by atoms with van der Waals surface area (Å²) >= 11 is 0. The number of para-hydroxylation sites is 1. The number of hydrogen-bond donors (Lipinski definition) is 1. The molecule has 1 spiro atoms. The van der Waals surface area contributed by atoms with Gasteiger partial charge in [0.15, 0.2) is 5.92 Å². The second-order valence-electron chi connectivity index (χ2n) is 7.46. The first-order chi connectivity index (χ1) is 12.7. The number of carbonyl (C=O) groups excluding carboxylic acids is 1. The molecule has 0 radical (unpaired) electrons. The summed E-state index contributed by atoms with van der Waals surface area (Å²) in [5, 5.41) is 12.4. The minimum atomic E-state index is -0.655. The van der Waals surface area contributed by atoms with Crippen molar-refractivity contribution < 1.29 is 4.79 Å². The number of amides is 1. The van der Waals surface area contributed by atoms with Gasteiger partial charge in [-0.3, -0.25) is 10.1 Å². The van der Waals surface area contributed by atoms with Crippen LogP contribution in [0.4, 0.5) is 5.69 Å². The van der Waals surface area contributed by atoms with Crippen LogP contribution in [0.2, 0.25) is 0 Å². The van der Waals surface area contributed by atoms with Crippen molar-refractivity contribution in [2.45, 2.75) is 37.6 Å². The summed E-state index contributed by atoms with van der Waals surface area (Å²) in [5.41, 5.74) is 0.719. The highest BCUT2D eigenvalue weighted by atomic mass is 16.2. The third-order valence-corrected chi connectivity index (χ3v) is 5.91. The van der Waals surface area contributed by atoms with E-state index in [1.807, 2.05) is 6.07 Å². The van der Waals surface area contributed by atoms with Crippen molar-refractivity contribution in [3.05, 3.63) is 30.3 Å². The second kappa shape index (κ2) is 6.99. The van der Waals surface area contributed by atoms with E-state index in [1.54, 1.807) is 0 Å². The van der Waals surface area contributed by atoms with Crippen molar-refractivity contribution in [1.82, 2.24) is 10.2 Å². The highest BCUT2D eigenvalue weighted by Crippen LogP contribution is 2.40. The van der Waals surface area contributed by atoms with Crippen LogP contribution in [0.3, 0.4) is 0 Å².